The van der Waals surface area contributed by atoms with Gasteiger partial charge in [-0.25, -0.2) is 4.68 Å². The lowest BCUT2D eigenvalue weighted by Crippen LogP contribution is -2.33. The van der Waals surface area contributed by atoms with Gasteiger partial charge in [0.15, 0.2) is 0 Å². The van der Waals surface area contributed by atoms with Gasteiger partial charge in [0, 0.05) is 40.4 Å². The number of methoxy groups -OCH3 is 1. The maximum Gasteiger partial charge on any atom is 0.276 e. The number of ether oxygens (including phenoxy) is 1. The molecule has 33 heavy (non-hydrogen) atoms. The molecule has 0 saturated carbocycles. The van der Waals surface area contributed by atoms with Gasteiger partial charge < -0.3 is 14.6 Å². The van der Waals surface area contributed by atoms with E-state index in [0.717, 1.165) is 27.9 Å². The zero-order chi connectivity index (χ0) is 23.5. The van der Waals surface area contributed by atoms with E-state index in [4.69, 9.17) is 16.3 Å². The summed E-state index contributed by atoms with van der Waals surface area (Å²) in [5.41, 5.74) is 3.28. The molecule has 1 amide bonds. The number of nitrogens with one attached hydrogen (secondary N) is 1. The van der Waals surface area contributed by atoms with Crippen LogP contribution in [0, 0.1) is 13.8 Å². The Kier molecular flexibility index (Phi) is 6.51. The van der Waals surface area contributed by atoms with Crippen molar-refractivity contribution in [3.8, 4) is 5.75 Å². The van der Waals surface area contributed by atoms with Crippen molar-refractivity contribution in [2.24, 2.45) is 0 Å². The van der Waals surface area contributed by atoms with Crippen LogP contribution >= 0.6 is 11.6 Å². The number of rotatable bonds is 7. The van der Waals surface area contributed by atoms with Crippen LogP contribution in [0.1, 0.15) is 22.5 Å². The third-order valence-electron chi connectivity index (χ3n) is 5.85. The van der Waals surface area contributed by atoms with Crippen molar-refractivity contribution in [3.05, 3.63) is 92.6 Å². The molecular formula is C25H25ClN4O3. The van der Waals surface area contributed by atoms with Crippen LogP contribution in [0.15, 0.2) is 59.5 Å². The molecule has 4 aromatic rings. The fourth-order valence-corrected chi connectivity index (χ4v) is 4.22. The minimum absolute atomic E-state index is 0.169. The second kappa shape index (κ2) is 9.50. The lowest BCUT2D eigenvalue weighted by molar-refractivity contribution is -0.122. The number of nitrogens with zero attached hydrogens (tertiary/aromatic N) is 3. The van der Waals surface area contributed by atoms with E-state index >= 15 is 0 Å². The van der Waals surface area contributed by atoms with Crippen LogP contribution in [0.2, 0.25) is 5.02 Å². The van der Waals surface area contributed by atoms with Crippen LogP contribution in [-0.4, -0.2) is 27.4 Å². The van der Waals surface area contributed by atoms with E-state index in [9.17, 15) is 9.59 Å². The number of hydrogen-bond acceptors (Lipinski definition) is 4. The Morgan fingerprint density at radius 3 is 2.48 bits per heavy atom. The first-order chi connectivity index (χ1) is 15.9. The molecule has 7 nitrogen and oxygen atoms in total. The Hall–Kier alpha value is -3.58. The first kappa shape index (κ1) is 22.6. The van der Waals surface area contributed by atoms with Crippen molar-refractivity contribution in [1.29, 1.82) is 0 Å². The lowest BCUT2D eigenvalue weighted by Gasteiger charge is -2.10. The highest BCUT2D eigenvalue weighted by Gasteiger charge is 2.18. The van der Waals surface area contributed by atoms with Crippen molar-refractivity contribution in [2.75, 3.05) is 7.11 Å². The summed E-state index contributed by atoms with van der Waals surface area (Å²) in [6.45, 7) is 4.53. The van der Waals surface area contributed by atoms with Crippen molar-refractivity contribution in [3.63, 3.8) is 0 Å². The van der Waals surface area contributed by atoms with E-state index in [1.807, 2.05) is 62.4 Å². The Bertz CT molecular complexity index is 1390. The second-order valence-electron chi connectivity index (χ2n) is 7.83. The first-order valence-electron chi connectivity index (χ1n) is 10.6. The molecule has 2 aromatic heterocycles. The molecule has 0 bridgehead atoms. The summed E-state index contributed by atoms with van der Waals surface area (Å²) in [6.07, 6.45) is 1.65. The Morgan fingerprint density at radius 2 is 1.76 bits per heavy atom. The standard InChI is InChI=1S/C25H25ClN4O3/c1-16-20-13-28-30(15-23(31)27-12-18-8-5-7-11-22(18)33-3)25(32)24(20)17(2)29(16)14-19-9-4-6-10-21(19)26/h4-11,13H,12,14-15H2,1-3H3,(H,27,31). The predicted octanol–water partition coefficient (Wildman–Crippen LogP) is 3.84. The molecule has 0 aliphatic heterocycles. The number of aryl methyl sites for hydroxylation is 2. The summed E-state index contributed by atoms with van der Waals surface area (Å²) in [4.78, 5) is 25.7. The summed E-state index contributed by atoms with van der Waals surface area (Å²) in [5, 5.41) is 9.10. The van der Waals surface area contributed by atoms with Gasteiger partial charge in [-0.1, -0.05) is 48.0 Å². The highest BCUT2D eigenvalue weighted by Crippen LogP contribution is 2.25. The van der Waals surface area contributed by atoms with Gasteiger partial charge in [0.05, 0.1) is 18.7 Å². The van der Waals surface area contributed by atoms with Crippen molar-refractivity contribution in [1.82, 2.24) is 19.7 Å². The number of halogens is 1. The number of benzene rings is 2. The zero-order valence-electron chi connectivity index (χ0n) is 18.8. The van der Waals surface area contributed by atoms with Gasteiger partial charge in [-0.3, -0.25) is 9.59 Å². The third-order valence-corrected chi connectivity index (χ3v) is 6.22. The predicted molar refractivity (Wildman–Crippen MR) is 129 cm³/mol. The lowest BCUT2D eigenvalue weighted by atomic mass is 10.2. The number of carbonyl (C=O) groups excluding carboxylic acids is 1. The molecule has 8 heteroatoms. The quantitative estimate of drug-likeness (QED) is 0.450. The van der Waals surface area contributed by atoms with Crippen LogP contribution in [0.4, 0.5) is 0 Å². The first-order valence-corrected chi connectivity index (χ1v) is 11.0. The van der Waals surface area contributed by atoms with E-state index in [2.05, 4.69) is 15.0 Å². The molecule has 0 spiro atoms. The van der Waals surface area contributed by atoms with Crippen LogP contribution in [0.5, 0.6) is 5.75 Å². The molecule has 0 atom stereocenters. The molecule has 170 valence electrons. The monoisotopic (exact) mass is 464 g/mol. The van der Waals surface area contributed by atoms with Crippen LogP contribution < -0.4 is 15.6 Å². The normalized spacial score (nSPS) is 11.0. The van der Waals surface area contributed by atoms with E-state index in [-0.39, 0.29) is 18.0 Å². The summed E-state index contributed by atoms with van der Waals surface area (Å²) in [7, 11) is 1.58. The summed E-state index contributed by atoms with van der Waals surface area (Å²) < 4.78 is 8.57. The number of carbonyl (C=O) groups is 1. The van der Waals surface area contributed by atoms with Gasteiger partial charge in [-0.2, -0.15) is 5.10 Å². The second-order valence-corrected chi connectivity index (χ2v) is 8.24. The summed E-state index contributed by atoms with van der Waals surface area (Å²) in [5.74, 6) is 0.389. The molecule has 1 N–H and O–H groups in total. The van der Waals surface area contributed by atoms with E-state index in [1.54, 1.807) is 13.3 Å². The third kappa shape index (κ3) is 4.50. The van der Waals surface area contributed by atoms with E-state index in [1.165, 1.54) is 4.68 Å². The SMILES string of the molecule is COc1ccccc1CNC(=O)Cn1ncc2c(C)n(Cc3ccccc3Cl)c(C)c2c1=O. The van der Waals surface area contributed by atoms with Gasteiger partial charge in [-0.05, 0) is 31.5 Å². The highest BCUT2D eigenvalue weighted by molar-refractivity contribution is 6.31. The highest BCUT2D eigenvalue weighted by atomic mass is 35.5. The minimum Gasteiger partial charge on any atom is -0.496 e. The fourth-order valence-electron chi connectivity index (χ4n) is 4.03. The minimum atomic E-state index is -0.306. The van der Waals surface area contributed by atoms with Crippen LogP contribution in [0.3, 0.4) is 0 Å². The van der Waals surface area contributed by atoms with Gasteiger partial charge >= 0.3 is 0 Å². The molecule has 0 radical (unpaired) electrons. The smallest absolute Gasteiger partial charge is 0.276 e. The van der Waals surface area contributed by atoms with Crippen LogP contribution in [0.25, 0.3) is 10.8 Å². The molecule has 0 saturated heterocycles. The maximum absolute atomic E-state index is 13.2. The zero-order valence-corrected chi connectivity index (χ0v) is 19.5. The molecule has 2 aromatic carbocycles. The van der Waals surface area contributed by atoms with Gasteiger partial charge in [0.25, 0.3) is 5.56 Å². The summed E-state index contributed by atoms with van der Waals surface area (Å²) >= 11 is 6.34. The fraction of sp³-hybridized carbons (Fsp3) is 0.240. The number of fused-ring (bicyclic) bond motifs is 1. The Labute approximate surface area is 196 Å². The average molecular weight is 465 g/mol. The molecule has 4 rings (SSSR count). The van der Waals surface area contributed by atoms with Gasteiger partial charge in [0.1, 0.15) is 12.3 Å². The van der Waals surface area contributed by atoms with E-state index < -0.39 is 0 Å². The topological polar surface area (TPSA) is 78.2 Å². The molecule has 0 unspecified atom stereocenters. The molecule has 0 fully saturated rings. The number of amides is 1. The average Bonchev–Trinajstić information content (AvgIpc) is 3.06. The van der Waals surface area contributed by atoms with Gasteiger partial charge in [-0.15, -0.1) is 0 Å². The molecule has 2 heterocycles. The number of hydrogen-bond donors (Lipinski definition) is 1. The van der Waals surface area contributed by atoms with Crippen molar-refractivity contribution >= 4 is 28.3 Å². The molecular weight excluding hydrogens is 440 g/mol. The number of aromatic nitrogens is 3. The molecule has 0 aliphatic carbocycles. The van der Waals surface area contributed by atoms with Crippen LogP contribution in [-0.2, 0) is 24.4 Å². The number of para-hydroxylation sites is 1. The largest absolute Gasteiger partial charge is 0.496 e. The van der Waals surface area contributed by atoms with Gasteiger partial charge in [0.2, 0.25) is 5.91 Å². The van der Waals surface area contributed by atoms with Crippen molar-refractivity contribution < 1.29 is 9.53 Å². The van der Waals surface area contributed by atoms with Crippen molar-refractivity contribution in [2.45, 2.75) is 33.5 Å². The van der Waals surface area contributed by atoms with E-state index in [0.29, 0.717) is 29.2 Å². The summed E-state index contributed by atoms with van der Waals surface area (Å²) in [6, 6.07) is 15.1. The Morgan fingerprint density at radius 1 is 1.06 bits per heavy atom. The molecule has 0 aliphatic rings. The Balaban J connectivity index is 1.58. The maximum atomic E-state index is 13.2.